The second kappa shape index (κ2) is 8.88. The first-order valence-electron chi connectivity index (χ1n) is 6.33. The Hall–Kier alpha value is -2.13. The molecule has 0 fully saturated rings. The number of halogens is 1. The van der Waals surface area contributed by atoms with Crippen LogP contribution in [-0.4, -0.2) is 44.1 Å². The standard InChI is InChI=1S/C14H18FN3O2/c1-18(11-14(19)17-8-4-7-16)9-10-20-13-6-3-2-5-12(13)15/h2-3,5-6H,4,8-11H2,1H3,(H,17,19). The number of hydrogen-bond acceptors (Lipinski definition) is 4. The van der Waals surface area contributed by atoms with Crippen LogP contribution in [0, 0.1) is 17.1 Å². The molecule has 0 spiro atoms. The molecule has 0 aromatic heterocycles. The predicted molar refractivity (Wildman–Crippen MR) is 72.6 cm³/mol. The highest BCUT2D eigenvalue weighted by molar-refractivity contribution is 5.77. The summed E-state index contributed by atoms with van der Waals surface area (Å²) in [5.41, 5.74) is 0. The van der Waals surface area contributed by atoms with Gasteiger partial charge in [0.1, 0.15) is 6.61 Å². The number of nitrogens with zero attached hydrogens (tertiary/aromatic N) is 2. The molecule has 20 heavy (non-hydrogen) atoms. The fraction of sp³-hybridized carbons (Fsp3) is 0.429. The van der Waals surface area contributed by atoms with E-state index in [0.29, 0.717) is 26.1 Å². The number of para-hydroxylation sites is 1. The molecule has 6 heteroatoms. The molecule has 1 aromatic rings. The first-order valence-corrected chi connectivity index (χ1v) is 6.33. The molecule has 0 radical (unpaired) electrons. The lowest BCUT2D eigenvalue weighted by molar-refractivity contribution is -0.121. The van der Waals surface area contributed by atoms with Crippen LogP contribution in [0.2, 0.25) is 0 Å². The summed E-state index contributed by atoms with van der Waals surface area (Å²) in [6.07, 6.45) is 0.297. The van der Waals surface area contributed by atoms with Crippen molar-refractivity contribution in [3.8, 4) is 11.8 Å². The number of nitriles is 1. The van der Waals surface area contributed by atoms with E-state index in [1.807, 2.05) is 6.07 Å². The predicted octanol–water partition coefficient (Wildman–Crippen LogP) is 1.17. The topological polar surface area (TPSA) is 65.4 Å². The highest BCUT2D eigenvalue weighted by Gasteiger charge is 2.07. The van der Waals surface area contributed by atoms with Crippen LogP contribution in [0.5, 0.6) is 5.75 Å². The van der Waals surface area contributed by atoms with Gasteiger partial charge in [-0.3, -0.25) is 9.69 Å². The van der Waals surface area contributed by atoms with Crippen LogP contribution in [0.4, 0.5) is 4.39 Å². The lowest BCUT2D eigenvalue weighted by atomic mass is 10.3. The van der Waals surface area contributed by atoms with E-state index >= 15 is 0 Å². The van der Waals surface area contributed by atoms with Gasteiger partial charge in [0, 0.05) is 13.1 Å². The van der Waals surface area contributed by atoms with Gasteiger partial charge in [-0.15, -0.1) is 0 Å². The van der Waals surface area contributed by atoms with Crippen molar-refractivity contribution in [3.05, 3.63) is 30.1 Å². The molecule has 1 aromatic carbocycles. The third-order valence-corrected chi connectivity index (χ3v) is 2.54. The molecular formula is C14H18FN3O2. The summed E-state index contributed by atoms with van der Waals surface area (Å²) >= 11 is 0. The van der Waals surface area contributed by atoms with Gasteiger partial charge in [0.05, 0.1) is 19.0 Å². The molecule has 0 heterocycles. The lowest BCUT2D eigenvalue weighted by Gasteiger charge is -2.16. The third kappa shape index (κ3) is 6.16. The average Bonchev–Trinajstić information content (AvgIpc) is 2.41. The van der Waals surface area contributed by atoms with E-state index in [9.17, 15) is 9.18 Å². The molecule has 1 N–H and O–H groups in total. The highest BCUT2D eigenvalue weighted by Crippen LogP contribution is 2.14. The first-order chi connectivity index (χ1) is 9.63. The number of nitrogens with one attached hydrogen (secondary N) is 1. The number of amides is 1. The van der Waals surface area contributed by atoms with Crippen molar-refractivity contribution in [3.63, 3.8) is 0 Å². The molecule has 0 aliphatic rings. The summed E-state index contributed by atoms with van der Waals surface area (Å²) in [7, 11) is 1.77. The number of likely N-dealkylation sites (N-methyl/N-ethyl adjacent to an activating group) is 1. The van der Waals surface area contributed by atoms with Crippen molar-refractivity contribution in [1.82, 2.24) is 10.2 Å². The van der Waals surface area contributed by atoms with Crippen molar-refractivity contribution < 1.29 is 13.9 Å². The second-order valence-electron chi connectivity index (χ2n) is 4.27. The Balaban J connectivity index is 2.20. The molecular weight excluding hydrogens is 261 g/mol. The Labute approximate surface area is 117 Å². The fourth-order valence-electron chi connectivity index (χ4n) is 1.51. The number of ether oxygens (including phenoxy) is 1. The van der Waals surface area contributed by atoms with E-state index in [4.69, 9.17) is 10.00 Å². The van der Waals surface area contributed by atoms with Crippen molar-refractivity contribution in [2.45, 2.75) is 6.42 Å². The zero-order valence-electron chi connectivity index (χ0n) is 11.4. The van der Waals surface area contributed by atoms with Crippen molar-refractivity contribution in [2.75, 3.05) is 33.3 Å². The third-order valence-electron chi connectivity index (χ3n) is 2.54. The van der Waals surface area contributed by atoms with E-state index < -0.39 is 5.82 Å². The van der Waals surface area contributed by atoms with Crippen LogP contribution in [0.1, 0.15) is 6.42 Å². The molecule has 5 nitrogen and oxygen atoms in total. The van der Waals surface area contributed by atoms with Gasteiger partial charge < -0.3 is 10.1 Å². The molecule has 1 rings (SSSR count). The number of carbonyl (C=O) groups excluding carboxylic acids is 1. The maximum absolute atomic E-state index is 13.3. The summed E-state index contributed by atoms with van der Waals surface area (Å²) in [4.78, 5) is 13.2. The van der Waals surface area contributed by atoms with E-state index in [2.05, 4.69) is 5.32 Å². The fourth-order valence-corrected chi connectivity index (χ4v) is 1.51. The smallest absolute Gasteiger partial charge is 0.234 e. The number of rotatable bonds is 8. The van der Waals surface area contributed by atoms with E-state index in [1.165, 1.54) is 6.07 Å². The second-order valence-corrected chi connectivity index (χ2v) is 4.27. The van der Waals surface area contributed by atoms with Gasteiger partial charge in [-0.05, 0) is 19.2 Å². The van der Waals surface area contributed by atoms with Crippen LogP contribution < -0.4 is 10.1 Å². The van der Waals surface area contributed by atoms with Crippen molar-refractivity contribution in [1.29, 1.82) is 5.26 Å². The van der Waals surface area contributed by atoms with Gasteiger partial charge in [-0.25, -0.2) is 4.39 Å². The Morgan fingerprint density at radius 2 is 2.25 bits per heavy atom. The summed E-state index contributed by atoms with van der Waals surface area (Å²) < 4.78 is 18.6. The van der Waals surface area contributed by atoms with Crippen LogP contribution in [0.15, 0.2) is 24.3 Å². The molecule has 108 valence electrons. The SMILES string of the molecule is CN(CCOc1ccccc1F)CC(=O)NCCC#N. The van der Waals surface area contributed by atoms with E-state index in [1.54, 1.807) is 30.1 Å². The Bertz CT molecular complexity index is 474. The van der Waals surface area contributed by atoms with Crippen LogP contribution in [0.25, 0.3) is 0 Å². The summed E-state index contributed by atoms with van der Waals surface area (Å²) in [6, 6.07) is 8.14. The number of hydrogen-bond donors (Lipinski definition) is 1. The molecule has 0 saturated heterocycles. The Morgan fingerprint density at radius 3 is 2.95 bits per heavy atom. The maximum atomic E-state index is 13.3. The average molecular weight is 279 g/mol. The quantitative estimate of drug-likeness (QED) is 0.725. The van der Waals surface area contributed by atoms with Crippen molar-refractivity contribution in [2.24, 2.45) is 0 Å². The Kier molecular flexibility index (Phi) is 7.07. The summed E-state index contributed by atoms with van der Waals surface area (Å²) in [6.45, 7) is 1.36. The number of carbonyl (C=O) groups is 1. The first kappa shape index (κ1) is 15.9. The normalized spacial score (nSPS) is 10.1. The van der Waals surface area contributed by atoms with Gasteiger partial charge in [0.15, 0.2) is 11.6 Å². The van der Waals surface area contributed by atoms with Gasteiger partial charge in [-0.1, -0.05) is 12.1 Å². The minimum atomic E-state index is -0.399. The largest absolute Gasteiger partial charge is 0.489 e. The molecule has 1 amide bonds. The lowest BCUT2D eigenvalue weighted by Crippen LogP contribution is -2.37. The molecule has 0 aliphatic heterocycles. The van der Waals surface area contributed by atoms with Crippen LogP contribution in [-0.2, 0) is 4.79 Å². The van der Waals surface area contributed by atoms with Gasteiger partial charge in [0.2, 0.25) is 5.91 Å². The van der Waals surface area contributed by atoms with Crippen LogP contribution in [0.3, 0.4) is 0 Å². The van der Waals surface area contributed by atoms with Gasteiger partial charge in [0.25, 0.3) is 0 Å². The van der Waals surface area contributed by atoms with E-state index in [-0.39, 0.29) is 18.2 Å². The maximum Gasteiger partial charge on any atom is 0.234 e. The number of benzene rings is 1. The zero-order valence-corrected chi connectivity index (χ0v) is 11.4. The summed E-state index contributed by atoms with van der Waals surface area (Å²) in [5.74, 6) is -0.336. The van der Waals surface area contributed by atoms with Crippen LogP contribution >= 0.6 is 0 Å². The highest BCUT2D eigenvalue weighted by atomic mass is 19.1. The molecule has 0 saturated carbocycles. The molecule has 0 unspecified atom stereocenters. The zero-order chi connectivity index (χ0) is 14.8. The van der Waals surface area contributed by atoms with Gasteiger partial charge >= 0.3 is 0 Å². The molecule has 0 aliphatic carbocycles. The molecule has 0 bridgehead atoms. The Morgan fingerprint density at radius 1 is 1.50 bits per heavy atom. The minimum Gasteiger partial charge on any atom is -0.489 e. The molecule has 0 atom stereocenters. The minimum absolute atomic E-state index is 0.145. The monoisotopic (exact) mass is 279 g/mol. The van der Waals surface area contributed by atoms with Gasteiger partial charge in [-0.2, -0.15) is 5.26 Å². The van der Waals surface area contributed by atoms with E-state index in [0.717, 1.165) is 0 Å². The van der Waals surface area contributed by atoms with Crippen molar-refractivity contribution >= 4 is 5.91 Å². The summed E-state index contributed by atoms with van der Waals surface area (Å²) in [5, 5.41) is 11.0.